The Morgan fingerprint density at radius 3 is 2.41 bits per heavy atom. The molecular formula is C26H44O3. The van der Waals surface area contributed by atoms with Crippen molar-refractivity contribution >= 4 is 11.8 Å². The summed E-state index contributed by atoms with van der Waals surface area (Å²) in [6, 6.07) is 0. The average molecular weight is 405 g/mol. The fourth-order valence-corrected chi connectivity index (χ4v) is 8.49. The first-order valence-electron chi connectivity index (χ1n) is 12.5. The van der Waals surface area contributed by atoms with Crippen LogP contribution in [0, 0.1) is 46.3 Å². The van der Waals surface area contributed by atoms with Gasteiger partial charge in [0.25, 0.3) is 0 Å². The van der Waals surface area contributed by atoms with Gasteiger partial charge in [0.05, 0.1) is 0 Å². The quantitative estimate of drug-likeness (QED) is 0.564. The van der Waals surface area contributed by atoms with E-state index in [-0.39, 0.29) is 11.8 Å². The topological polar surface area (TPSA) is 54.4 Å². The zero-order chi connectivity index (χ0) is 21.4. The maximum absolute atomic E-state index is 13.3. The van der Waals surface area contributed by atoms with Crippen LogP contribution in [-0.2, 0) is 9.59 Å². The van der Waals surface area contributed by atoms with Crippen molar-refractivity contribution in [1.82, 2.24) is 0 Å². The van der Waals surface area contributed by atoms with Crippen molar-refractivity contribution in [2.24, 2.45) is 46.3 Å². The molecule has 7 unspecified atom stereocenters. The highest BCUT2D eigenvalue weighted by atomic mass is 16.4. The molecule has 0 aromatic carbocycles. The minimum atomic E-state index is -0.677. The number of fused-ring (bicyclic) bond motifs is 5. The zero-order valence-corrected chi connectivity index (χ0v) is 19.5. The Balaban J connectivity index is 0.00000117. The molecule has 1 N–H and O–H groups in total. The third-order valence-electron chi connectivity index (χ3n) is 9.96. The molecule has 0 aromatic rings. The van der Waals surface area contributed by atoms with Gasteiger partial charge in [0.15, 0.2) is 0 Å². The summed E-state index contributed by atoms with van der Waals surface area (Å²) in [6.07, 6.45) is 12.0. The van der Waals surface area contributed by atoms with E-state index in [0.29, 0.717) is 46.7 Å². The molecule has 166 valence electrons. The van der Waals surface area contributed by atoms with Crippen LogP contribution >= 0.6 is 0 Å². The molecule has 29 heavy (non-hydrogen) atoms. The van der Waals surface area contributed by atoms with Crippen molar-refractivity contribution in [2.75, 3.05) is 0 Å². The largest absolute Gasteiger partial charge is 0.481 e. The molecule has 0 heterocycles. The maximum atomic E-state index is 13.3. The lowest BCUT2D eigenvalue weighted by Crippen LogP contribution is -2.56. The molecule has 4 saturated carbocycles. The standard InChI is InChI=1S/C24H38O3.C2H6/c1-15(7-10-21(26)27)17-8-9-18-22-19(11-13-24(17,18)3)23(2)12-5-4-6-16(23)14-20(22)25;1-2/h15-19,22H,4-14H2,1-3H3,(H,26,27);1-2H3/t15-,16?,17?,18?,19?,22?,23?,24?;/m1./s1. The molecule has 4 rings (SSSR count). The Hall–Kier alpha value is -0.860. The van der Waals surface area contributed by atoms with Crippen molar-refractivity contribution in [2.45, 2.75) is 105 Å². The molecule has 3 heteroatoms. The predicted octanol–water partition coefficient (Wildman–Crippen LogP) is 6.74. The molecule has 0 radical (unpaired) electrons. The van der Waals surface area contributed by atoms with Crippen LogP contribution in [0.15, 0.2) is 0 Å². The number of hydrogen-bond donors (Lipinski definition) is 1. The molecule has 3 nitrogen and oxygen atoms in total. The van der Waals surface area contributed by atoms with Crippen LogP contribution in [0.5, 0.6) is 0 Å². The minimum absolute atomic E-state index is 0.243. The summed E-state index contributed by atoms with van der Waals surface area (Å²) in [5.41, 5.74) is 0.637. The van der Waals surface area contributed by atoms with Gasteiger partial charge in [-0.05, 0) is 85.4 Å². The van der Waals surface area contributed by atoms with Gasteiger partial charge in [-0.2, -0.15) is 0 Å². The number of carbonyl (C=O) groups excluding carboxylic acids is 1. The smallest absolute Gasteiger partial charge is 0.303 e. The van der Waals surface area contributed by atoms with Crippen LogP contribution in [0.25, 0.3) is 0 Å². The highest BCUT2D eigenvalue weighted by Gasteiger charge is 2.62. The van der Waals surface area contributed by atoms with Crippen LogP contribution in [0.1, 0.15) is 105 Å². The fraction of sp³-hybridized carbons (Fsp3) is 0.923. The van der Waals surface area contributed by atoms with Gasteiger partial charge in [0.1, 0.15) is 5.78 Å². The molecule has 4 aliphatic carbocycles. The van der Waals surface area contributed by atoms with E-state index in [4.69, 9.17) is 5.11 Å². The number of rotatable bonds is 4. The number of carbonyl (C=O) groups is 2. The molecule has 0 aliphatic heterocycles. The van der Waals surface area contributed by atoms with E-state index in [1.165, 1.54) is 51.4 Å². The normalized spacial score (nSPS) is 44.6. The Bertz CT molecular complexity index is 613. The summed E-state index contributed by atoms with van der Waals surface area (Å²) in [5.74, 6) is 3.02. The number of carboxylic acids is 1. The van der Waals surface area contributed by atoms with E-state index in [0.717, 1.165) is 12.8 Å². The molecular weight excluding hydrogens is 360 g/mol. The van der Waals surface area contributed by atoms with E-state index in [2.05, 4.69) is 20.8 Å². The number of ketones is 1. The molecule has 0 saturated heterocycles. The Morgan fingerprint density at radius 2 is 1.72 bits per heavy atom. The van der Waals surface area contributed by atoms with Gasteiger partial charge < -0.3 is 5.11 Å². The number of Topliss-reactive ketones (excluding diaryl/α,β-unsaturated/α-hetero) is 1. The molecule has 0 bridgehead atoms. The van der Waals surface area contributed by atoms with Crippen molar-refractivity contribution in [3.8, 4) is 0 Å². The predicted molar refractivity (Wildman–Crippen MR) is 118 cm³/mol. The van der Waals surface area contributed by atoms with Crippen molar-refractivity contribution in [3.05, 3.63) is 0 Å². The van der Waals surface area contributed by atoms with E-state index >= 15 is 0 Å². The van der Waals surface area contributed by atoms with E-state index < -0.39 is 5.97 Å². The first-order chi connectivity index (χ1) is 13.8. The first kappa shape index (κ1) is 22.8. The molecule has 4 aliphatic rings. The van der Waals surface area contributed by atoms with Gasteiger partial charge in [-0.1, -0.05) is 47.5 Å². The van der Waals surface area contributed by atoms with Crippen molar-refractivity contribution in [1.29, 1.82) is 0 Å². The van der Waals surface area contributed by atoms with Gasteiger partial charge in [-0.3, -0.25) is 9.59 Å². The van der Waals surface area contributed by atoms with Gasteiger partial charge >= 0.3 is 5.97 Å². The second kappa shape index (κ2) is 8.71. The fourth-order valence-electron chi connectivity index (χ4n) is 8.49. The third kappa shape index (κ3) is 3.81. The van der Waals surface area contributed by atoms with Gasteiger partial charge in [0, 0.05) is 18.8 Å². The first-order valence-corrected chi connectivity index (χ1v) is 12.5. The molecule has 0 aromatic heterocycles. The third-order valence-corrected chi connectivity index (χ3v) is 9.96. The lowest BCUT2D eigenvalue weighted by molar-refractivity contribution is -0.156. The second-order valence-electron chi connectivity index (χ2n) is 11.0. The summed E-state index contributed by atoms with van der Waals surface area (Å²) in [6.45, 7) is 11.2. The van der Waals surface area contributed by atoms with Crippen molar-refractivity contribution in [3.63, 3.8) is 0 Å². The Kier molecular flexibility index (Phi) is 6.85. The lowest BCUT2D eigenvalue weighted by atomic mass is 9.44. The molecule has 0 spiro atoms. The van der Waals surface area contributed by atoms with Crippen LogP contribution in [0.4, 0.5) is 0 Å². The average Bonchev–Trinajstić information content (AvgIpc) is 3.05. The number of aliphatic carboxylic acids is 1. The monoisotopic (exact) mass is 404 g/mol. The Morgan fingerprint density at radius 1 is 1.03 bits per heavy atom. The van der Waals surface area contributed by atoms with Crippen LogP contribution in [-0.4, -0.2) is 16.9 Å². The van der Waals surface area contributed by atoms with E-state index in [9.17, 15) is 9.59 Å². The second-order valence-corrected chi connectivity index (χ2v) is 11.0. The summed E-state index contributed by atoms with van der Waals surface area (Å²) >= 11 is 0. The minimum Gasteiger partial charge on any atom is -0.481 e. The highest BCUT2D eigenvalue weighted by molar-refractivity contribution is 5.83. The van der Waals surface area contributed by atoms with E-state index in [1.807, 2.05) is 13.8 Å². The van der Waals surface area contributed by atoms with Gasteiger partial charge in [0.2, 0.25) is 0 Å². The summed E-state index contributed by atoms with van der Waals surface area (Å²) < 4.78 is 0. The molecule has 0 amide bonds. The molecule has 8 atom stereocenters. The van der Waals surface area contributed by atoms with E-state index in [1.54, 1.807) is 0 Å². The van der Waals surface area contributed by atoms with Crippen LogP contribution < -0.4 is 0 Å². The highest BCUT2D eigenvalue weighted by Crippen LogP contribution is 2.67. The zero-order valence-electron chi connectivity index (χ0n) is 19.5. The SMILES string of the molecule is CC.C[C@H](CCC(=O)O)C1CCC2C3C(=O)CC4CCCCC4(C)C3CCC21C. The lowest BCUT2D eigenvalue weighted by Gasteiger charge is -2.60. The summed E-state index contributed by atoms with van der Waals surface area (Å²) in [5, 5.41) is 9.08. The summed E-state index contributed by atoms with van der Waals surface area (Å²) in [4.78, 5) is 24.4. The summed E-state index contributed by atoms with van der Waals surface area (Å²) in [7, 11) is 0. The van der Waals surface area contributed by atoms with Crippen LogP contribution in [0.3, 0.4) is 0 Å². The maximum Gasteiger partial charge on any atom is 0.303 e. The van der Waals surface area contributed by atoms with Crippen molar-refractivity contribution < 1.29 is 14.7 Å². The van der Waals surface area contributed by atoms with Gasteiger partial charge in [-0.25, -0.2) is 0 Å². The Labute approximate surface area is 178 Å². The van der Waals surface area contributed by atoms with Gasteiger partial charge in [-0.15, -0.1) is 0 Å². The number of hydrogen-bond acceptors (Lipinski definition) is 2. The van der Waals surface area contributed by atoms with Crippen LogP contribution in [0.2, 0.25) is 0 Å². The number of carboxylic acid groups (broad SMARTS) is 1. The molecule has 4 fully saturated rings.